The Bertz CT molecular complexity index is 944. The summed E-state index contributed by atoms with van der Waals surface area (Å²) in [5.74, 6) is 0. The van der Waals surface area contributed by atoms with E-state index in [1.54, 1.807) is 0 Å². The van der Waals surface area contributed by atoms with E-state index in [1.807, 2.05) is 45.0 Å². The number of benzene rings is 2. The summed E-state index contributed by atoms with van der Waals surface area (Å²) in [6, 6.07) is 16.5. The van der Waals surface area contributed by atoms with Crippen LogP contribution in [0.3, 0.4) is 0 Å². The molecule has 0 bridgehead atoms. The number of rotatable bonds is 5. The molecule has 0 aliphatic heterocycles. The largest absolute Gasteiger partial charge is 0.444 e. The van der Waals surface area contributed by atoms with Crippen molar-refractivity contribution in [2.45, 2.75) is 58.6 Å². The number of hydrogen-bond donors (Lipinski definition) is 1. The highest BCUT2D eigenvalue weighted by molar-refractivity contribution is 6.06. The maximum Gasteiger partial charge on any atom is 0.407 e. The average molecular weight is 364 g/mol. The predicted octanol–water partition coefficient (Wildman–Crippen LogP) is 5.62. The van der Waals surface area contributed by atoms with Gasteiger partial charge in [0.25, 0.3) is 0 Å². The first-order valence-electron chi connectivity index (χ1n) is 9.63. The second kappa shape index (κ2) is 7.95. The molecular weight excluding hydrogens is 336 g/mol. The van der Waals surface area contributed by atoms with E-state index in [1.165, 1.54) is 5.39 Å². The Morgan fingerprint density at radius 2 is 1.67 bits per heavy atom. The standard InChI is InChI=1S/C23H28N2O2/c1-5-10-16(24-22(26)27-23(2,3)4)15-21-19-13-7-6-11-17(19)18-12-8-9-14-20(18)25-21/h6-9,11-14,16H,5,10,15H2,1-4H3,(H,24,26). The van der Waals surface area contributed by atoms with Crippen molar-refractivity contribution in [3.63, 3.8) is 0 Å². The Labute approximate surface area is 160 Å². The highest BCUT2D eigenvalue weighted by Crippen LogP contribution is 2.27. The van der Waals surface area contributed by atoms with Gasteiger partial charge in [0.15, 0.2) is 0 Å². The molecule has 1 atom stereocenters. The molecule has 142 valence electrons. The molecule has 1 unspecified atom stereocenters. The number of para-hydroxylation sites is 1. The quantitative estimate of drug-likeness (QED) is 0.597. The zero-order valence-electron chi connectivity index (χ0n) is 16.6. The second-order valence-electron chi connectivity index (χ2n) is 7.96. The third kappa shape index (κ3) is 4.76. The highest BCUT2D eigenvalue weighted by Gasteiger charge is 2.20. The molecule has 3 rings (SSSR count). The minimum atomic E-state index is -0.505. The number of pyridine rings is 1. The maximum absolute atomic E-state index is 12.3. The fraction of sp³-hybridized carbons (Fsp3) is 0.391. The van der Waals surface area contributed by atoms with Crippen LogP contribution >= 0.6 is 0 Å². The van der Waals surface area contributed by atoms with Crippen molar-refractivity contribution >= 4 is 27.8 Å². The molecule has 2 aromatic carbocycles. The molecule has 4 nitrogen and oxygen atoms in total. The fourth-order valence-corrected chi connectivity index (χ4v) is 3.41. The molecule has 27 heavy (non-hydrogen) atoms. The molecule has 1 amide bonds. The molecule has 0 aliphatic rings. The van der Waals surface area contributed by atoms with Crippen LogP contribution in [0.25, 0.3) is 21.7 Å². The number of nitrogens with one attached hydrogen (secondary N) is 1. The number of alkyl carbamates (subject to hydrolysis) is 1. The molecule has 0 saturated heterocycles. The van der Waals surface area contributed by atoms with Gasteiger partial charge in [0.1, 0.15) is 5.60 Å². The van der Waals surface area contributed by atoms with Gasteiger partial charge in [-0.2, -0.15) is 0 Å². The fourth-order valence-electron chi connectivity index (χ4n) is 3.41. The van der Waals surface area contributed by atoms with Crippen molar-refractivity contribution in [1.82, 2.24) is 10.3 Å². The normalized spacial score (nSPS) is 12.9. The Morgan fingerprint density at radius 3 is 2.33 bits per heavy atom. The van der Waals surface area contributed by atoms with Crippen LogP contribution in [0.5, 0.6) is 0 Å². The first kappa shape index (κ1) is 19.2. The van der Waals surface area contributed by atoms with Gasteiger partial charge in [-0.15, -0.1) is 0 Å². The predicted molar refractivity (Wildman–Crippen MR) is 111 cm³/mol. The van der Waals surface area contributed by atoms with Crippen LogP contribution in [-0.4, -0.2) is 22.7 Å². The minimum absolute atomic E-state index is 0.0121. The Balaban J connectivity index is 1.93. The lowest BCUT2D eigenvalue weighted by Gasteiger charge is -2.24. The number of carbonyl (C=O) groups is 1. The lowest BCUT2D eigenvalue weighted by molar-refractivity contribution is 0.0501. The molecule has 0 spiro atoms. The van der Waals surface area contributed by atoms with Gasteiger partial charge in [-0.1, -0.05) is 55.8 Å². The molecule has 1 heterocycles. The summed E-state index contributed by atoms with van der Waals surface area (Å²) in [6.07, 6.45) is 2.16. The average Bonchev–Trinajstić information content (AvgIpc) is 2.60. The van der Waals surface area contributed by atoms with Crippen LogP contribution in [0.1, 0.15) is 46.2 Å². The van der Waals surface area contributed by atoms with Crippen molar-refractivity contribution in [2.24, 2.45) is 0 Å². The number of ether oxygens (including phenoxy) is 1. The van der Waals surface area contributed by atoms with Gasteiger partial charge in [0, 0.05) is 23.2 Å². The smallest absolute Gasteiger partial charge is 0.407 e. The number of nitrogens with zero attached hydrogens (tertiary/aromatic N) is 1. The molecule has 0 saturated carbocycles. The molecule has 0 fully saturated rings. The van der Waals surface area contributed by atoms with Crippen molar-refractivity contribution in [1.29, 1.82) is 0 Å². The summed E-state index contributed by atoms with van der Waals surface area (Å²) >= 11 is 0. The molecule has 3 aromatic rings. The van der Waals surface area contributed by atoms with Crippen LogP contribution in [0.2, 0.25) is 0 Å². The summed E-state index contributed by atoms with van der Waals surface area (Å²) in [5, 5.41) is 6.53. The SMILES string of the molecule is CCCC(Cc1nc2ccccc2c2ccccc12)NC(=O)OC(C)(C)C. The van der Waals surface area contributed by atoms with Gasteiger partial charge < -0.3 is 10.1 Å². The Morgan fingerprint density at radius 1 is 1.04 bits per heavy atom. The second-order valence-corrected chi connectivity index (χ2v) is 7.96. The first-order chi connectivity index (χ1) is 12.9. The third-order valence-corrected chi connectivity index (χ3v) is 4.49. The number of amides is 1. The van der Waals surface area contributed by atoms with Gasteiger partial charge >= 0.3 is 6.09 Å². The summed E-state index contributed by atoms with van der Waals surface area (Å²) in [7, 11) is 0. The number of hydrogen-bond acceptors (Lipinski definition) is 3. The van der Waals surface area contributed by atoms with Crippen LogP contribution in [0.4, 0.5) is 4.79 Å². The van der Waals surface area contributed by atoms with Crippen LogP contribution < -0.4 is 5.32 Å². The van der Waals surface area contributed by atoms with Gasteiger partial charge in [-0.05, 0) is 38.6 Å². The monoisotopic (exact) mass is 364 g/mol. The maximum atomic E-state index is 12.3. The lowest BCUT2D eigenvalue weighted by Crippen LogP contribution is -2.40. The molecule has 1 N–H and O–H groups in total. The van der Waals surface area contributed by atoms with Crippen molar-refractivity contribution in [3.05, 3.63) is 54.2 Å². The van der Waals surface area contributed by atoms with E-state index in [-0.39, 0.29) is 12.1 Å². The number of fused-ring (bicyclic) bond motifs is 3. The Kier molecular flexibility index (Phi) is 5.64. The summed E-state index contributed by atoms with van der Waals surface area (Å²) in [6.45, 7) is 7.75. The minimum Gasteiger partial charge on any atom is -0.444 e. The van der Waals surface area contributed by atoms with Crippen LogP contribution in [0, 0.1) is 0 Å². The highest BCUT2D eigenvalue weighted by atomic mass is 16.6. The summed E-state index contributed by atoms with van der Waals surface area (Å²) in [4.78, 5) is 17.2. The number of carbonyl (C=O) groups excluding carboxylic acids is 1. The van der Waals surface area contributed by atoms with E-state index in [4.69, 9.17) is 9.72 Å². The van der Waals surface area contributed by atoms with E-state index in [2.05, 4.69) is 36.5 Å². The molecular formula is C23H28N2O2. The summed E-state index contributed by atoms with van der Waals surface area (Å²) < 4.78 is 5.44. The first-order valence-corrected chi connectivity index (χ1v) is 9.63. The summed E-state index contributed by atoms with van der Waals surface area (Å²) in [5.41, 5.74) is 1.49. The van der Waals surface area contributed by atoms with E-state index >= 15 is 0 Å². The van der Waals surface area contributed by atoms with Crippen molar-refractivity contribution in [2.75, 3.05) is 0 Å². The molecule has 4 heteroatoms. The van der Waals surface area contributed by atoms with E-state index < -0.39 is 5.60 Å². The van der Waals surface area contributed by atoms with Gasteiger partial charge in [0.05, 0.1) is 11.2 Å². The van der Waals surface area contributed by atoms with Gasteiger partial charge in [0.2, 0.25) is 0 Å². The van der Waals surface area contributed by atoms with Crippen molar-refractivity contribution in [3.8, 4) is 0 Å². The molecule has 0 aliphatic carbocycles. The molecule has 0 radical (unpaired) electrons. The zero-order valence-corrected chi connectivity index (χ0v) is 16.6. The van der Waals surface area contributed by atoms with Crippen molar-refractivity contribution < 1.29 is 9.53 Å². The van der Waals surface area contributed by atoms with E-state index in [0.29, 0.717) is 6.42 Å². The van der Waals surface area contributed by atoms with Gasteiger partial charge in [-0.3, -0.25) is 4.98 Å². The van der Waals surface area contributed by atoms with Crippen LogP contribution in [0.15, 0.2) is 48.5 Å². The number of aromatic nitrogens is 1. The third-order valence-electron chi connectivity index (χ3n) is 4.49. The lowest BCUT2D eigenvalue weighted by atomic mass is 9.99. The van der Waals surface area contributed by atoms with E-state index in [9.17, 15) is 4.79 Å². The van der Waals surface area contributed by atoms with Crippen LogP contribution in [-0.2, 0) is 11.2 Å². The molecule has 1 aromatic heterocycles. The topological polar surface area (TPSA) is 51.2 Å². The van der Waals surface area contributed by atoms with E-state index in [0.717, 1.165) is 34.8 Å². The Hall–Kier alpha value is -2.62. The van der Waals surface area contributed by atoms with Gasteiger partial charge in [-0.25, -0.2) is 4.79 Å². The zero-order chi connectivity index (χ0) is 19.4.